The maximum atomic E-state index is 5.56. The van der Waals surface area contributed by atoms with Gasteiger partial charge in [-0.05, 0) is 45.7 Å². The Balaban J connectivity index is 3.24. The van der Waals surface area contributed by atoms with Crippen LogP contribution in [0.25, 0.3) is 0 Å². The van der Waals surface area contributed by atoms with Crippen LogP contribution in [0.3, 0.4) is 0 Å². The van der Waals surface area contributed by atoms with Gasteiger partial charge in [0.15, 0.2) is 13.2 Å². The van der Waals surface area contributed by atoms with Crippen LogP contribution < -0.4 is 0 Å². The normalized spacial score (nSPS) is 11.7. The van der Waals surface area contributed by atoms with Gasteiger partial charge in [-0.15, -0.1) is 0 Å². The van der Waals surface area contributed by atoms with Gasteiger partial charge < -0.3 is 9.16 Å². The lowest BCUT2D eigenvalue weighted by molar-refractivity contribution is -0.278. The fraction of sp³-hybridized carbons (Fsp3) is 0.500. The van der Waals surface area contributed by atoms with E-state index in [1.54, 1.807) is 0 Å². The average Bonchev–Trinajstić information content (AvgIpc) is 2.16. The van der Waals surface area contributed by atoms with Gasteiger partial charge in [-0.2, -0.15) is 0 Å². The Bertz CT molecular complexity index is 369. The van der Waals surface area contributed by atoms with Crippen LogP contribution in [0.4, 0.5) is 0 Å². The van der Waals surface area contributed by atoms with Crippen molar-refractivity contribution in [1.29, 1.82) is 0 Å². The number of benzene rings is 1. The highest BCUT2D eigenvalue weighted by Crippen LogP contribution is 2.17. The van der Waals surface area contributed by atoms with E-state index in [0.29, 0.717) is 19.2 Å². The number of carbonyl (C=O) groups excluding carboxylic acids is 1. The third-order valence-electron chi connectivity index (χ3n) is 2.43. The van der Waals surface area contributed by atoms with E-state index >= 15 is 0 Å². The molecule has 1 aromatic rings. The monoisotopic (exact) mass is 221 g/mol. The summed E-state index contributed by atoms with van der Waals surface area (Å²) in [5, 5.41) is 0. The van der Waals surface area contributed by atoms with Crippen LogP contribution >= 0.6 is 0 Å². The maximum absolute atomic E-state index is 5.56. The summed E-state index contributed by atoms with van der Waals surface area (Å²) in [6, 6.07) is 4.31. The predicted octanol–water partition coefficient (Wildman–Crippen LogP) is 3.34. The molecule has 2 nitrogen and oxygen atoms in total. The third-order valence-corrected chi connectivity index (χ3v) is 2.43. The Hall–Kier alpha value is -1.31. The minimum absolute atomic E-state index is 0.627. The molecule has 0 bridgehead atoms. The molecule has 0 aromatic heterocycles. The molecule has 0 N–H and O–H groups in total. The van der Waals surface area contributed by atoms with Crippen molar-refractivity contribution in [2.75, 3.05) is 13.2 Å². The number of hydrogen-bond donors (Lipinski definition) is 0. The minimum Gasteiger partial charge on any atom is -0.318 e. The second-order valence-corrected chi connectivity index (χ2v) is 3.93. The van der Waals surface area contributed by atoms with Gasteiger partial charge in [0.2, 0.25) is 0 Å². The molecule has 0 aliphatic carbocycles. The Morgan fingerprint density at radius 1 is 1.12 bits per heavy atom. The van der Waals surface area contributed by atoms with Crippen molar-refractivity contribution < 1.29 is 9.16 Å². The van der Waals surface area contributed by atoms with Gasteiger partial charge in [0.05, 0.1) is 0 Å². The molecule has 0 amide bonds. The standard InChI is InChI=1S/C14H21O2/c1-6-15-14(16-7-2)13-11(4)8-10(3)9-12(13)5/h8-9H,6-7H2,1-5H3/q+1. The zero-order valence-electron chi connectivity index (χ0n) is 10.9. The number of aryl methyl sites for hydroxylation is 3. The lowest BCUT2D eigenvalue weighted by Gasteiger charge is -2.06. The molecule has 1 rings (SSSR count). The summed E-state index contributed by atoms with van der Waals surface area (Å²) in [6.07, 6.45) is 0. The van der Waals surface area contributed by atoms with Crippen LogP contribution in [0, 0.1) is 20.8 Å². The van der Waals surface area contributed by atoms with Gasteiger partial charge in [0.1, 0.15) is 5.56 Å². The van der Waals surface area contributed by atoms with E-state index in [1.807, 2.05) is 13.8 Å². The Morgan fingerprint density at radius 3 is 2.12 bits per heavy atom. The van der Waals surface area contributed by atoms with E-state index in [1.165, 1.54) is 16.7 Å². The molecule has 0 saturated carbocycles. The molecule has 0 aliphatic heterocycles. The van der Waals surface area contributed by atoms with Crippen LogP contribution in [0.5, 0.6) is 0 Å². The molecule has 88 valence electrons. The third kappa shape index (κ3) is 2.84. The first-order valence-corrected chi connectivity index (χ1v) is 5.80. The second-order valence-electron chi connectivity index (χ2n) is 3.93. The largest absolute Gasteiger partial charge is 0.520 e. The van der Waals surface area contributed by atoms with E-state index in [0.717, 1.165) is 5.56 Å². The van der Waals surface area contributed by atoms with Crippen LogP contribution in [0.2, 0.25) is 0 Å². The van der Waals surface area contributed by atoms with Crippen molar-refractivity contribution in [1.82, 2.24) is 0 Å². The lowest BCUT2D eigenvalue weighted by atomic mass is 10.00. The van der Waals surface area contributed by atoms with Crippen molar-refractivity contribution in [3.8, 4) is 0 Å². The van der Waals surface area contributed by atoms with Crippen molar-refractivity contribution in [3.05, 3.63) is 34.4 Å². The van der Waals surface area contributed by atoms with Crippen molar-refractivity contribution in [2.24, 2.45) is 0 Å². The summed E-state index contributed by atoms with van der Waals surface area (Å²) in [5.74, 6) is 0.653. The topological polar surface area (TPSA) is 20.5 Å². The highest BCUT2D eigenvalue weighted by atomic mass is 16.6. The Kier molecular flexibility index (Phi) is 4.53. The first-order valence-electron chi connectivity index (χ1n) is 5.80. The minimum atomic E-state index is 0.627. The molecule has 0 atom stereocenters. The molecule has 0 spiro atoms. The molecule has 0 radical (unpaired) electrons. The quantitative estimate of drug-likeness (QED) is 0.566. The van der Waals surface area contributed by atoms with Crippen LogP contribution in [-0.2, 0) is 4.74 Å². The van der Waals surface area contributed by atoms with Gasteiger partial charge in [0, 0.05) is 0 Å². The van der Waals surface area contributed by atoms with Crippen molar-refractivity contribution >= 4 is 5.97 Å². The maximum Gasteiger partial charge on any atom is 0.520 e. The zero-order valence-corrected chi connectivity index (χ0v) is 10.9. The summed E-state index contributed by atoms with van der Waals surface area (Å²) in [7, 11) is 0. The van der Waals surface area contributed by atoms with Gasteiger partial charge in [-0.1, -0.05) is 17.7 Å². The molecule has 0 fully saturated rings. The summed E-state index contributed by atoms with van der Waals surface area (Å²) >= 11 is 0. The zero-order chi connectivity index (χ0) is 12.1. The van der Waals surface area contributed by atoms with Crippen LogP contribution in [-0.4, -0.2) is 19.2 Å². The fourth-order valence-electron chi connectivity index (χ4n) is 1.95. The van der Waals surface area contributed by atoms with Gasteiger partial charge in [-0.25, -0.2) is 0 Å². The first kappa shape index (κ1) is 12.8. The molecule has 0 saturated heterocycles. The predicted molar refractivity (Wildman–Crippen MR) is 67.2 cm³/mol. The molecular formula is C14H21O2+. The SMILES string of the molecule is CCOC(=[O+]CC)c1c(C)cc(C)cc1C. The Morgan fingerprint density at radius 2 is 1.69 bits per heavy atom. The molecule has 0 heterocycles. The molecule has 2 heteroatoms. The summed E-state index contributed by atoms with van der Waals surface area (Å²) in [5.41, 5.74) is 4.77. The molecular weight excluding hydrogens is 200 g/mol. The van der Waals surface area contributed by atoms with E-state index in [4.69, 9.17) is 9.16 Å². The average molecular weight is 221 g/mol. The van der Waals surface area contributed by atoms with Crippen molar-refractivity contribution in [3.63, 3.8) is 0 Å². The number of rotatable bonds is 3. The van der Waals surface area contributed by atoms with E-state index < -0.39 is 0 Å². The highest BCUT2D eigenvalue weighted by molar-refractivity contribution is 5.93. The lowest BCUT2D eigenvalue weighted by Crippen LogP contribution is -2.12. The Labute approximate surface area is 97.9 Å². The molecule has 0 unspecified atom stereocenters. The van der Waals surface area contributed by atoms with Gasteiger partial charge in [0.25, 0.3) is 0 Å². The summed E-state index contributed by atoms with van der Waals surface area (Å²) < 4.78 is 11.1. The molecule has 16 heavy (non-hydrogen) atoms. The van der Waals surface area contributed by atoms with Gasteiger partial charge in [-0.3, -0.25) is 0 Å². The highest BCUT2D eigenvalue weighted by Gasteiger charge is 2.22. The van der Waals surface area contributed by atoms with Crippen LogP contribution in [0.1, 0.15) is 40.5 Å². The second kappa shape index (κ2) is 5.69. The van der Waals surface area contributed by atoms with E-state index in [-0.39, 0.29) is 0 Å². The number of ether oxygens (including phenoxy) is 1. The van der Waals surface area contributed by atoms with Gasteiger partial charge >= 0.3 is 5.97 Å². The summed E-state index contributed by atoms with van der Waals surface area (Å²) in [4.78, 5) is 0. The first-order chi connectivity index (χ1) is 7.60. The van der Waals surface area contributed by atoms with E-state index in [9.17, 15) is 0 Å². The van der Waals surface area contributed by atoms with Crippen LogP contribution in [0.15, 0.2) is 12.1 Å². The van der Waals surface area contributed by atoms with E-state index in [2.05, 4.69) is 32.9 Å². The summed E-state index contributed by atoms with van der Waals surface area (Å²) in [6.45, 7) is 11.5. The van der Waals surface area contributed by atoms with Crippen molar-refractivity contribution in [2.45, 2.75) is 34.6 Å². The molecule has 1 aromatic carbocycles. The smallest absolute Gasteiger partial charge is 0.318 e. The number of hydrogen-bond acceptors (Lipinski definition) is 1. The fourth-order valence-corrected chi connectivity index (χ4v) is 1.95. The molecule has 0 aliphatic rings. The number of esters is 1.